The third kappa shape index (κ3) is 3.83. The second-order valence-corrected chi connectivity index (χ2v) is 7.40. The van der Waals surface area contributed by atoms with Crippen molar-refractivity contribution >= 4 is 11.8 Å². The molecule has 1 unspecified atom stereocenters. The largest absolute Gasteiger partial charge is 0.486 e. The lowest BCUT2D eigenvalue weighted by Gasteiger charge is -2.27. The Bertz CT molecular complexity index is 1090. The first-order valence-electron chi connectivity index (χ1n) is 9.81. The standard InChI is InChI=1S/C23H24N2O5/c1-15-11-18(20(26)14-29-23(27)19-7-6-10-24(19)3)16(2)25(15)12-17-13-28-21-8-4-5-9-22(21)30-17/h4-11,17H,12-14H2,1-3H3. The molecule has 30 heavy (non-hydrogen) atoms. The molecule has 1 aromatic carbocycles. The second kappa shape index (κ2) is 8.10. The SMILES string of the molecule is Cc1cc(C(=O)COC(=O)c2cccn2C)c(C)n1CC1COc2ccccc2O1. The van der Waals surface area contributed by atoms with Crippen LogP contribution in [0.3, 0.4) is 0 Å². The van der Waals surface area contributed by atoms with E-state index in [-0.39, 0.29) is 18.5 Å². The van der Waals surface area contributed by atoms with E-state index in [9.17, 15) is 9.59 Å². The van der Waals surface area contributed by atoms with Crippen molar-refractivity contribution in [3.63, 3.8) is 0 Å². The van der Waals surface area contributed by atoms with E-state index in [1.165, 1.54) is 0 Å². The molecule has 156 valence electrons. The van der Waals surface area contributed by atoms with Gasteiger partial charge in [-0.2, -0.15) is 0 Å². The van der Waals surface area contributed by atoms with Crippen molar-refractivity contribution in [3.8, 4) is 11.5 Å². The maximum Gasteiger partial charge on any atom is 0.355 e. The average Bonchev–Trinajstić information content (AvgIpc) is 3.30. The summed E-state index contributed by atoms with van der Waals surface area (Å²) in [6.07, 6.45) is 1.59. The van der Waals surface area contributed by atoms with Crippen LogP contribution in [0.4, 0.5) is 0 Å². The van der Waals surface area contributed by atoms with Gasteiger partial charge in [0.2, 0.25) is 5.78 Å². The van der Waals surface area contributed by atoms with Crippen LogP contribution >= 0.6 is 0 Å². The summed E-state index contributed by atoms with van der Waals surface area (Å²) in [6, 6.07) is 12.8. The number of aryl methyl sites for hydroxylation is 2. The minimum Gasteiger partial charge on any atom is -0.486 e. The molecule has 1 aliphatic heterocycles. The number of carbonyl (C=O) groups excluding carboxylic acids is 2. The van der Waals surface area contributed by atoms with Gasteiger partial charge in [-0.1, -0.05) is 12.1 Å². The lowest BCUT2D eigenvalue weighted by molar-refractivity contribution is 0.0465. The third-order valence-electron chi connectivity index (χ3n) is 5.32. The van der Waals surface area contributed by atoms with Crippen LogP contribution in [0.5, 0.6) is 11.5 Å². The Balaban J connectivity index is 1.42. The first-order valence-corrected chi connectivity index (χ1v) is 9.81. The molecule has 0 bridgehead atoms. The minimum absolute atomic E-state index is 0.164. The molecule has 0 spiro atoms. The topological polar surface area (TPSA) is 71.7 Å². The summed E-state index contributed by atoms with van der Waals surface area (Å²) >= 11 is 0. The molecular formula is C23H24N2O5. The van der Waals surface area contributed by atoms with Crippen molar-refractivity contribution in [1.29, 1.82) is 0 Å². The fraction of sp³-hybridized carbons (Fsp3) is 0.304. The molecule has 3 aromatic rings. The van der Waals surface area contributed by atoms with Gasteiger partial charge in [0.25, 0.3) is 0 Å². The van der Waals surface area contributed by atoms with Gasteiger partial charge in [-0.05, 0) is 44.2 Å². The Kier molecular flexibility index (Phi) is 5.35. The van der Waals surface area contributed by atoms with Crippen LogP contribution in [0, 0.1) is 13.8 Å². The molecular weight excluding hydrogens is 384 g/mol. The van der Waals surface area contributed by atoms with Crippen LogP contribution in [-0.4, -0.2) is 40.2 Å². The number of nitrogens with zero attached hydrogens (tertiary/aromatic N) is 2. The van der Waals surface area contributed by atoms with Gasteiger partial charge in [0.1, 0.15) is 12.3 Å². The van der Waals surface area contributed by atoms with Gasteiger partial charge in [-0.3, -0.25) is 4.79 Å². The third-order valence-corrected chi connectivity index (χ3v) is 5.32. The minimum atomic E-state index is -0.518. The fourth-order valence-corrected chi connectivity index (χ4v) is 3.68. The predicted octanol–water partition coefficient (Wildman–Crippen LogP) is 3.32. The van der Waals surface area contributed by atoms with Gasteiger partial charge in [-0.25, -0.2) is 4.79 Å². The second-order valence-electron chi connectivity index (χ2n) is 7.40. The molecule has 0 N–H and O–H groups in total. The highest BCUT2D eigenvalue weighted by Crippen LogP contribution is 2.31. The molecule has 0 saturated carbocycles. The van der Waals surface area contributed by atoms with E-state index in [2.05, 4.69) is 0 Å². The Morgan fingerprint density at radius 2 is 1.90 bits per heavy atom. The molecule has 2 aromatic heterocycles. The molecule has 7 nitrogen and oxygen atoms in total. The normalized spacial score (nSPS) is 15.1. The van der Waals surface area contributed by atoms with Crippen molar-refractivity contribution < 1.29 is 23.8 Å². The maximum absolute atomic E-state index is 12.7. The number of esters is 1. The van der Waals surface area contributed by atoms with Gasteiger partial charge >= 0.3 is 5.97 Å². The van der Waals surface area contributed by atoms with Crippen LogP contribution in [0.15, 0.2) is 48.7 Å². The summed E-state index contributed by atoms with van der Waals surface area (Å²) in [4.78, 5) is 24.8. The van der Waals surface area contributed by atoms with E-state index in [4.69, 9.17) is 14.2 Å². The first kappa shape index (κ1) is 19.8. The summed E-state index contributed by atoms with van der Waals surface area (Å²) in [5.41, 5.74) is 2.70. The van der Waals surface area contributed by atoms with E-state index in [0.29, 0.717) is 24.4 Å². The number of aromatic nitrogens is 2. The number of Topliss-reactive ketones (excluding diaryl/α,β-unsaturated/α-hetero) is 1. The van der Waals surface area contributed by atoms with Gasteiger partial charge in [-0.15, -0.1) is 0 Å². The predicted molar refractivity (Wildman–Crippen MR) is 110 cm³/mol. The number of ether oxygens (including phenoxy) is 3. The zero-order chi connectivity index (χ0) is 21.3. The first-order chi connectivity index (χ1) is 14.4. The number of fused-ring (bicyclic) bond motifs is 1. The molecule has 0 radical (unpaired) electrons. The van der Waals surface area contributed by atoms with Gasteiger partial charge in [0, 0.05) is 30.2 Å². The molecule has 0 amide bonds. The number of benzene rings is 1. The van der Waals surface area contributed by atoms with Crippen molar-refractivity contribution in [2.24, 2.45) is 7.05 Å². The zero-order valence-corrected chi connectivity index (χ0v) is 17.3. The summed E-state index contributed by atoms with van der Waals surface area (Å²) in [5.74, 6) is 0.713. The van der Waals surface area contributed by atoms with Crippen molar-refractivity contribution in [2.75, 3.05) is 13.2 Å². The Morgan fingerprint density at radius 3 is 2.63 bits per heavy atom. The monoisotopic (exact) mass is 408 g/mol. The molecule has 7 heteroatoms. The van der Waals surface area contributed by atoms with Crippen molar-refractivity contribution in [2.45, 2.75) is 26.5 Å². The van der Waals surface area contributed by atoms with Crippen molar-refractivity contribution in [3.05, 3.63) is 71.3 Å². The summed E-state index contributed by atoms with van der Waals surface area (Å²) in [7, 11) is 1.75. The van der Waals surface area contributed by atoms with Crippen LogP contribution in [0.1, 0.15) is 32.2 Å². The average molecular weight is 408 g/mol. The number of hydrogen-bond donors (Lipinski definition) is 0. The highest BCUT2D eigenvalue weighted by Gasteiger charge is 2.24. The number of carbonyl (C=O) groups is 2. The van der Waals surface area contributed by atoms with E-state index in [0.717, 1.165) is 22.9 Å². The highest BCUT2D eigenvalue weighted by molar-refractivity contribution is 6.00. The quantitative estimate of drug-likeness (QED) is 0.462. The Morgan fingerprint density at radius 1 is 1.13 bits per heavy atom. The van der Waals surface area contributed by atoms with E-state index < -0.39 is 5.97 Å². The van der Waals surface area contributed by atoms with Crippen LogP contribution in [-0.2, 0) is 18.3 Å². The number of rotatable bonds is 6. The summed E-state index contributed by atoms with van der Waals surface area (Å²) in [5, 5.41) is 0. The Labute approximate surface area is 174 Å². The zero-order valence-electron chi connectivity index (χ0n) is 17.3. The molecule has 1 atom stereocenters. The van der Waals surface area contributed by atoms with Gasteiger partial charge in [0.05, 0.1) is 6.54 Å². The fourth-order valence-electron chi connectivity index (χ4n) is 3.68. The molecule has 3 heterocycles. The van der Waals surface area contributed by atoms with Gasteiger partial charge < -0.3 is 23.3 Å². The van der Waals surface area contributed by atoms with E-state index >= 15 is 0 Å². The Hall–Kier alpha value is -3.48. The lowest BCUT2D eigenvalue weighted by atomic mass is 10.1. The molecule has 1 aliphatic rings. The van der Waals surface area contributed by atoms with Crippen LogP contribution < -0.4 is 9.47 Å². The smallest absolute Gasteiger partial charge is 0.355 e. The van der Waals surface area contributed by atoms with Crippen molar-refractivity contribution in [1.82, 2.24) is 9.13 Å². The lowest BCUT2D eigenvalue weighted by Crippen LogP contribution is -2.33. The molecule has 0 fully saturated rings. The maximum atomic E-state index is 12.7. The van der Waals surface area contributed by atoms with E-state index in [1.807, 2.05) is 48.7 Å². The summed E-state index contributed by atoms with van der Waals surface area (Å²) in [6.45, 7) is 4.52. The molecule has 0 saturated heterocycles. The molecule has 4 rings (SSSR count). The van der Waals surface area contributed by atoms with Crippen LogP contribution in [0.25, 0.3) is 0 Å². The highest BCUT2D eigenvalue weighted by atomic mass is 16.6. The number of hydrogen-bond acceptors (Lipinski definition) is 5. The van der Waals surface area contributed by atoms with Crippen LogP contribution in [0.2, 0.25) is 0 Å². The molecule has 0 aliphatic carbocycles. The number of ketones is 1. The summed E-state index contributed by atoms with van der Waals surface area (Å²) < 4.78 is 20.7. The number of para-hydroxylation sites is 2. The van der Waals surface area contributed by atoms with E-state index in [1.54, 1.807) is 29.9 Å². The van der Waals surface area contributed by atoms with Gasteiger partial charge in [0.15, 0.2) is 24.2 Å².